The van der Waals surface area contributed by atoms with Gasteiger partial charge in [-0.15, -0.1) is 11.3 Å². The Bertz CT molecular complexity index is 758. The van der Waals surface area contributed by atoms with E-state index in [4.69, 9.17) is 16.3 Å². The van der Waals surface area contributed by atoms with Crippen molar-refractivity contribution in [3.05, 3.63) is 56.7 Å². The summed E-state index contributed by atoms with van der Waals surface area (Å²) in [6.07, 6.45) is 1.08. The molecule has 6 heteroatoms. The van der Waals surface area contributed by atoms with E-state index >= 15 is 0 Å². The SMILES string of the molecule is CC1(C(=O)NCCc2ccc(Cl)s2)Cc2ccccc2C(=O)O1. The van der Waals surface area contributed by atoms with Crippen LogP contribution in [0.2, 0.25) is 4.34 Å². The summed E-state index contributed by atoms with van der Waals surface area (Å²) in [6, 6.07) is 11.0. The van der Waals surface area contributed by atoms with Crippen LogP contribution >= 0.6 is 22.9 Å². The number of hydrogen-bond donors (Lipinski definition) is 1. The fraction of sp³-hybridized carbons (Fsp3) is 0.294. The molecule has 1 amide bonds. The quantitative estimate of drug-likeness (QED) is 0.862. The van der Waals surface area contributed by atoms with Gasteiger partial charge in [0.15, 0.2) is 5.60 Å². The zero-order valence-electron chi connectivity index (χ0n) is 12.6. The first-order chi connectivity index (χ1) is 11.0. The molecular weight excluding hydrogens is 334 g/mol. The molecule has 0 aliphatic carbocycles. The zero-order chi connectivity index (χ0) is 16.4. The van der Waals surface area contributed by atoms with E-state index in [1.54, 1.807) is 19.1 Å². The number of cyclic esters (lactones) is 1. The largest absolute Gasteiger partial charge is 0.445 e. The molecule has 2 heterocycles. The molecule has 0 fully saturated rings. The zero-order valence-corrected chi connectivity index (χ0v) is 14.2. The van der Waals surface area contributed by atoms with Gasteiger partial charge in [-0.2, -0.15) is 0 Å². The van der Waals surface area contributed by atoms with Crippen LogP contribution in [-0.4, -0.2) is 24.0 Å². The topological polar surface area (TPSA) is 55.4 Å². The van der Waals surface area contributed by atoms with Crippen molar-refractivity contribution >= 4 is 34.8 Å². The van der Waals surface area contributed by atoms with Crippen LogP contribution in [0.25, 0.3) is 0 Å². The van der Waals surface area contributed by atoms with Gasteiger partial charge in [0.1, 0.15) is 0 Å². The van der Waals surface area contributed by atoms with Crippen LogP contribution in [0.5, 0.6) is 0 Å². The fourth-order valence-corrected chi connectivity index (χ4v) is 3.72. The lowest BCUT2D eigenvalue weighted by molar-refractivity contribution is -0.139. The molecule has 1 aromatic heterocycles. The number of carbonyl (C=O) groups excluding carboxylic acids is 2. The summed E-state index contributed by atoms with van der Waals surface area (Å²) in [5.41, 5.74) is 0.205. The molecule has 0 bridgehead atoms. The lowest BCUT2D eigenvalue weighted by Crippen LogP contribution is -2.52. The molecule has 0 spiro atoms. The highest BCUT2D eigenvalue weighted by Gasteiger charge is 2.42. The second kappa shape index (κ2) is 6.34. The average molecular weight is 350 g/mol. The highest BCUT2D eigenvalue weighted by molar-refractivity contribution is 7.16. The van der Waals surface area contributed by atoms with Gasteiger partial charge in [0, 0.05) is 17.8 Å². The van der Waals surface area contributed by atoms with E-state index in [-0.39, 0.29) is 5.91 Å². The van der Waals surface area contributed by atoms with E-state index in [1.165, 1.54) is 11.3 Å². The van der Waals surface area contributed by atoms with Crippen LogP contribution < -0.4 is 5.32 Å². The molecule has 1 N–H and O–H groups in total. The molecule has 1 aliphatic rings. The Morgan fingerprint density at radius 1 is 1.35 bits per heavy atom. The Hall–Kier alpha value is -1.85. The lowest BCUT2D eigenvalue weighted by atomic mass is 9.89. The molecule has 0 saturated heterocycles. The van der Waals surface area contributed by atoms with Crippen LogP contribution in [-0.2, 0) is 22.4 Å². The van der Waals surface area contributed by atoms with Crippen molar-refractivity contribution in [1.82, 2.24) is 5.32 Å². The minimum Gasteiger partial charge on any atom is -0.445 e. The second-order valence-electron chi connectivity index (χ2n) is 5.67. The van der Waals surface area contributed by atoms with Crippen molar-refractivity contribution < 1.29 is 14.3 Å². The van der Waals surface area contributed by atoms with E-state index < -0.39 is 11.6 Å². The Kier molecular flexibility index (Phi) is 4.41. The van der Waals surface area contributed by atoms with Crippen molar-refractivity contribution in [2.24, 2.45) is 0 Å². The number of carbonyl (C=O) groups is 2. The molecule has 1 unspecified atom stereocenters. The molecule has 23 heavy (non-hydrogen) atoms. The highest BCUT2D eigenvalue weighted by atomic mass is 35.5. The summed E-state index contributed by atoms with van der Waals surface area (Å²) in [4.78, 5) is 25.7. The summed E-state index contributed by atoms with van der Waals surface area (Å²) >= 11 is 7.38. The Balaban J connectivity index is 1.64. The first-order valence-electron chi connectivity index (χ1n) is 7.32. The van der Waals surface area contributed by atoms with Gasteiger partial charge in [-0.1, -0.05) is 29.8 Å². The van der Waals surface area contributed by atoms with Crippen molar-refractivity contribution in [3.63, 3.8) is 0 Å². The normalized spacial score (nSPS) is 19.8. The van der Waals surface area contributed by atoms with E-state index in [0.29, 0.717) is 24.9 Å². The van der Waals surface area contributed by atoms with Gasteiger partial charge in [0.05, 0.1) is 9.90 Å². The lowest BCUT2D eigenvalue weighted by Gasteiger charge is -2.33. The molecule has 3 rings (SSSR count). The Morgan fingerprint density at radius 3 is 2.87 bits per heavy atom. The standard InChI is InChI=1S/C17H16ClNO3S/c1-17(10-11-4-2-3-5-13(11)15(20)22-17)16(21)19-9-8-12-6-7-14(18)23-12/h2-7H,8-10H2,1H3,(H,19,21). The number of benzene rings is 1. The number of hydrogen-bond acceptors (Lipinski definition) is 4. The van der Waals surface area contributed by atoms with E-state index in [9.17, 15) is 9.59 Å². The summed E-state index contributed by atoms with van der Waals surface area (Å²) in [5.74, 6) is -0.724. The predicted octanol–water partition coefficient (Wildman–Crippen LogP) is 3.23. The molecule has 0 saturated carbocycles. The van der Waals surface area contributed by atoms with Gasteiger partial charge >= 0.3 is 5.97 Å². The minimum atomic E-state index is -1.17. The first-order valence-corrected chi connectivity index (χ1v) is 8.51. The first kappa shape index (κ1) is 16.0. The van der Waals surface area contributed by atoms with E-state index in [2.05, 4.69) is 5.32 Å². The number of rotatable bonds is 4. The Morgan fingerprint density at radius 2 is 2.13 bits per heavy atom. The summed E-state index contributed by atoms with van der Waals surface area (Å²) in [5, 5.41) is 2.85. The second-order valence-corrected chi connectivity index (χ2v) is 7.47. The van der Waals surface area contributed by atoms with Gasteiger partial charge in [0.2, 0.25) is 0 Å². The molecule has 2 aromatic rings. The molecule has 4 nitrogen and oxygen atoms in total. The van der Waals surface area contributed by atoms with Gasteiger partial charge in [-0.05, 0) is 37.1 Å². The summed E-state index contributed by atoms with van der Waals surface area (Å²) < 4.78 is 6.13. The third-order valence-electron chi connectivity index (χ3n) is 3.85. The number of amides is 1. The van der Waals surface area contributed by atoms with Gasteiger partial charge in [-0.25, -0.2) is 4.79 Å². The van der Waals surface area contributed by atoms with Crippen LogP contribution in [0, 0.1) is 0 Å². The monoisotopic (exact) mass is 349 g/mol. The van der Waals surface area contributed by atoms with Crippen molar-refractivity contribution in [2.75, 3.05) is 6.54 Å². The van der Waals surface area contributed by atoms with Gasteiger partial charge in [0.25, 0.3) is 5.91 Å². The van der Waals surface area contributed by atoms with Crippen molar-refractivity contribution in [3.8, 4) is 0 Å². The number of fused-ring (bicyclic) bond motifs is 1. The molecule has 1 atom stereocenters. The molecule has 120 valence electrons. The van der Waals surface area contributed by atoms with E-state index in [0.717, 1.165) is 14.8 Å². The van der Waals surface area contributed by atoms with Crippen LogP contribution in [0.4, 0.5) is 0 Å². The summed E-state index contributed by atoms with van der Waals surface area (Å²) in [6.45, 7) is 2.13. The average Bonchev–Trinajstić information content (AvgIpc) is 2.92. The maximum absolute atomic E-state index is 12.5. The Labute approximate surface area is 143 Å². The predicted molar refractivity (Wildman–Crippen MR) is 90.0 cm³/mol. The minimum absolute atomic E-state index is 0.275. The number of halogens is 1. The van der Waals surface area contributed by atoms with Gasteiger partial charge in [-0.3, -0.25) is 4.79 Å². The van der Waals surface area contributed by atoms with Crippen molar-refractivity contribution in [1.29, 1.82) is 0 Å². The maximum atomic E-state index is 12.5. The fourth-order valence-electron chi connectivity index (χ4n) is 2.63. The number of ether oxygens (including phenoxy) is 1. The van der Waals surface area contributed by atoms with Crippen LogP contribution in [0.1, 0.15) is 27.7 Å². The number of esters is 1. The molecule has 0 radical (unpaired) electrons. The third kappa shape index (κ3) is 3.41. The third-order valence-corrected chi connectivity index (χ3v) is 5.14. The molecular formula is C17H16ClNO3S. The maximum Gasteiger partial charge on any atom is 0.339 e. The number of nitrogens with one attached hydrogen (secondary N) is 1. The van der Waals surface area contributed by atoms with Crippen LogP contribution in [0.3, 0.4) is 0 Å². The number of thiophene rings is 1. The van der Waals surface area contributed by atoms with Crippen LogP contribution in [0.15, 0.2) is 36.4 Å². The molecule has 1 aliphatic heterocycles. The molecule has 1 aromatic carbocycles. The van der Waals surface area contributed by atoms with E-state index in [1.807, 2.05) is 24.3 Å². The van der Waals surface area contributed by atoms with Gasteiger partial charge < -0.3 is 10.1 Å². The van der Waals surface area contributed by atoms with Crippen molar-refractivity contribution in [2.45, 2.75) is 25.4 Å². The highest BCUT2D eigenvalue weighted by Crippen LogP contribution is 2.28. The smallest absolute Gasteiger partial charge is 0.339 e. The summed E-state index contributed by atoms with van der Waals surface area (Å²) in [7, 11) is 0.